The highest BCUT2D eigenvalue weighted by molar-refractivity contribution is 5.25. The molecule has 0 radical (unpaired) electrons. The molecule has 1 rings (SSSR count). The number of aryl methyl sites for hydroxylation is 1. The normalized spacial score (nSPS) is 12.1. The predicted octanol–water partition coefficient (Wildman–Crippen LogP) is 5.34. The summed E-state index contributed by atoms with van der Waals surface area (Å²) in [6.07, 6.45) is 4.87. The van der Waals surface area contributed by atoms with Crippen LogP contribution in [0.2, 0.25) is 0 Å². The van der Waals surface area contributed by atoms with Gasteiger partial charge in [-0.15, -0.1) is 0 Å². The molecule has 0 aromatic heterocycles. The molecule has 0 heterocycles. The zero-order valence-electron chi connectivity index (χ0n) is 13.3. The molecule has 0 aliphatic rings. The topological polar surface area (TPSA) is 9.23 Å². The Morgan fingerprint density at radius 2 is 1.79 bits per heavy atom. The standard InChI is InChI=1S/C18H30O/c1-15(2)17-12-9-11-16(14-17)10-7-6-8-13-19-18(3,4)5/h9,11-12,14-15H,6-8,10,13H2,1-5H3. The predicted molar refractivity (Wildman–Crippen MR) is 83.8 cm³/mol. The molecule has 0 amide bonds. The summed E-state index contributed by atoms with van der Waals surface area (Å²) in [4.78, 5) is 0. The molecule has 1 aromatic carbocycles. The van der Waals surface area contributed by atoms with Crippen molar-refractivity contribution in [3.8, 4) is 0 Å². The summed E-state index contributed by atoms with van der Waals surface area (Å²) < 4.78 is 5.73. The van der Waals surface area contributed by atoms with E-state index in [2.05, 4.69) is 58.9 Å². The molecule has 0 bridgehead atoms. The zero-order chi connectivity index (χ0) is 14.3. The first kappa shape index (κ1) is 16.2. The van der Waals surface area contributed by atoms with Crippen LogP contribution in [0.15, 0.2) is 24.3 Å². The lowest BCUT2D eigenvalue weighted by Gasteiger charge is -2.19. The van der Waals surface area contributed by atoms with Crippen molar-refractivity contribution >= 4 is 0 Å². The van der Waals surface area contributed by atoms with Gasteiger partial charge in [0.15, 0.2) is 0 Å². The van der Waals surface area contributed by atoms with Crippen molar-refractivity contribution in [2.45, 2.75) is 71.8 Å². The lowest BCUT2D eigenvalue weighted by Crippen LogP contribution is -2.19. The van der Waals surface area contributed by atoms with Gasteiger partial charge in [0.25, 0.3) is 0 Å². The molecule has 0 aliphatic heterocycles. The fourth-order valence-electron chi connectivity index (χ4n) is 2.09. The Labute approximate surface area is 119 Å². The smallest absolute Gasteiger partial charge is 0.0598 e. The van der Waals surface area contributed by atoms with Crippen molar-refractivity contribution in [2.24, 2.45) is 0 Å². The Hall–Kier alpha value is -0.820. The van der Waals surface area contributed by atoms with Gasteiger partial charge >= 0.3 is 0 Å². The molecule has 0 N–H and O–H groups in total. The van der Waals surface area contributed by atoms with Crippen LogP contribution in [0.1, 0.15) is 70.9 Å². The molecule has 0 spiro atoms. The van der Waals surface area contributed by atoms with Crippen molar-refractivity contribution in [1.82, 2.24) is 0 Å². The molecule has 0 atom stereocenters. The maximum Gasteiger partial charge on any atom is 0.0598 e. The molecule has 0 saturated heterocycles. The summed E-state index contributed by atoms with van der Waals surface area (Å²) in [6.45, 7) is 11.7. The minimum Gasteiger partial charge on any atom is -0.376 e. The van der Waals surface area contributed by atoms with Crippen LogP contribution in [0.4, 0.5) is 0 Å². The highest BCUT2D eigenvalue weighted by atomic mass is 16.5. The van der Waals surface area contributed by atoms with Gasteiger partial charge in [-0.3, -0.25) is 0 Å². The van der Waals surface area contributed by atoms with Crippen molar-refractivity contribution < 1.29 is 4.74 Å². The first-order valence-electron chi connectivity index (χ1n) is 7.61. The van der Waals surface area contributed by atoms with E-state index < -0.39 is 0 Å². The number of unbranched alkanes of at least 4 members (excludes halogenated alkanes) is 2. The molecular weight excluding hydrogens is 232 g/mol. The number of benzene rings is 1. The average Bonchev–Trinajstić information content (AvgIpc) is 2.32. The van der Waals surface area contributed by atoms with Gasteiger partial charge in [-0.1, -0.05) is 44.5 Å². The van der Waals surface area contributed by atoms with Gasteiger partial charge in [-0.2, -0.15) is 0 Å². The quantitative estimate of drug-likeness (QED) is 0.603. The first-order valence-corrected chi connectivity index (χ1v) is 7.61. The number of ether oxygens (including phenoxy) is 1. The number of rotatable bonds is 7. The SMILES string of the molecule is CC(C)c1cccc(CCCCCOC(C)(C)C)c1. The second kappa shape index (κ2) is 7.69. The summed E-state index contributed by atoms with van der Waals surface area (Å²) in [5.41, 5.74) is 2.93. The van der Waals surface area contributed by atoms with Crippen molar-refractivity contribution in [2.75, 3.05) is 6.61 Å². The molecule has 0 unspecified atom stereocenters. The van der Waals surface area contributed by atoms with Gasteiger partial charge in [-0.25, -0.2) is 0 Å². The van der Waals surface area contributed by atoms with Gasteiger partial charge in [0, 0.05) is 6.61 Å². The van der Waals surface area contributed by atoms with E-state index in [0.717, 1.165) is 6.61 Å². The second-order valence-electron chi connectivity index (χ2n) is 6.67. The minimum atomic E-state index is 0.00555. The van der Waals surface area contributed by atoms with Crippen LogP contribution < -0.4 is 0 Å². The number of hydrogen-bond donors (Lipinski definition) is 0. The van der Waals surface area contributed by atoms with Gasteiger partial charge in [-0.05, 0) is 57.1 Å². The fraction of sp³-hybridized carbons (Fsp3) is 0.667. The van der Waals surface area contributed by atoms with E-state index in [-0.39, 0.29) is 5.60 Å². The third-order valence-electron chi connectivity index (χ3n) is 3.26. The molecule has 1 nitrogen and oxygen atoms in total. The molecule has 0 saturated carbocycles. The summed E-state index contributed by atoms with van der Waals surface area (Å²) in [5, 5.41) is 0. The van der Waals surface area contributed by atoms with Crippen LogP contribution >= 0.6 is 0 Å². The molecule has 0 aliphatic carbocycles. The van der Waals surface area contributed by atoms with Gasteiger partial charge < -0.3 is 4.74 Å². The van der Waals surface area contributed by atoms with Crippen LogP contribution in [-0.2, 0) is 11.2 Å². The molecule has 108 valence electrons. The molecule has 1 aromatic rings. The van der Waals surface area contributed by atoms with Gasteiger partial charge in [0.2, 0.25) is 0 Å². The van der Waals surface area contributed by atoms with E-state index in [0.29, 0.717) is 5.92 Å². The maximum atomic E-state index is 5.73. The van der Waals surface area contributed by atoms with Crippen LogP contribution in [0.25, 0.3) is 0 Å². The van der Waals surface area contributed by atoms with Gasteiger partial charge in [0.05, 0.1) is 5.60 Å². The molecular formula is C18H30O. The number of hydrogen-bond acceptors (Lipinski definition) is 1. The molecule has 19 heavy (non-hydrogen) atoms. The largest absolute Gasteiger partial charge is 0.376 e. The van der Waals surface area contributed by atoms with Crippen LogP contribution in [-0.4, -0.2) is 12.2 Å². The van der Waals surface area contributed by atoms with Crippen LogP contribution in [0, 0.1) is 0 Å². The molecule has 0 fully saturated rings. The maximum absolute atomic E-state index is 5.73. The highest BCUT2D eigenvalue weighted by Crippen LogP contribution is 2.17. The summed E-state index contributed by atoms with van der Waals surface area (Å²) in [7, 11) is 0. The van der Waals surface area contributed by atoms with E-state index in [4.69, 9.17) is 4.74 Å². The Morgan fingerprint density at radius 1 is 1.05 bits per heavy atom. The monoisotopic (exact) mass is 262 g/mol. The lowest BCUT2D eigenvalue weighted by molar-refractivity contribution is -0.00469. The van der Waals surface area contributed by atoms with Gasteiger partial charge in [0.1, 0.15) is 0 Å². The summed E-state index contributed by atoms with van der Waals surface area (Å²) >= 11 is 0. The van der Waals surface area contributed by atoms with Crippen LogP contribution in [0.3, 0.4) is 0 Å². The Kier molecular flexibility index (Phi) is 6.57. The van der Waals surface area contributed by atoms with Crippen molar-refractivity contribution in [3.05, 3.63) is 35.4 Å². The molecule has 1 heteroatoms. The van der Waals surface area contributed by atoms with E-state index in [1.165, 1.54) is 36.8 Å². The second-order valence-corrected chi connectivity index (χ2v) is 6.67. The Balaban J connectivity index is 2.21. The average molecular weight is 262 g/mol. The Bertz CT molecular complexity index is 360. The minimum absolute atomic E-state index is 0.00555. The van der Waals surface area contributed by atoms with E-state index in [9.17, 15) is 0 Å². The highest BCUT2D eigenvalue weighted by Gasteiger charge is 2.08. The summed E-state index contributed by atoms with van der Waals surface area (Å²) in [6, 6.07) is 9.02. The fourth-order valence-corrected chi connectivity index (χ4v) is 2.09. The summed E-state index contributed by atoms with van der Waals surface area (Å²) in [5.74, 6) is 0.625. The first-order chi connectivity index (χ1) is 8.88. The third kappa shape index (κ3) is 7.37. The van der Waals surface area contributed by atoms with E-state index in [1.807, 2.05) is 0 Å². The zero-order valence-corrected chi connectivity index (χ0v) is 13.3. The van der Waals surface area contributed by atoms with E-state index >= 15 is 0 Å². The van der Waals surface area contributed by atoms with E-state index in [1.54, 1.807) is 0 Å². The van der Waals surface area contributed by atoms with Crippen molar-refractivity contribution in [3.63, 3.8) is 0 Å². The van der Waals surface area contributed by atoms with Crippen LogP contribution in [0.5, 0.6) is 0 Å². The Morgan fingerprint density at radius 3 is 2.42 bits per heavy atom. The van der Waals surface area contributed by atoms with Crippen molar-refractivity contribution in [1.29, 1.82) is 0 Å². The lowest BCUT2D eigenvalue weighted by atomic mass is 9.98. The third-order valence-corrected chi connectivity index (χ3v) is 3.26.